The van der Waals surface area contributed by atoms with Gasteiger partial charge in [-0.15, -0.1) is 0 Å². The SMILES string of the molecule is COCC(NC(=NCc1ccc(OC)cc1)NCC(=O)N(C)C)C1CC1. The Balaban J connectivity index is 2.02. The summed E-state index contributed by atoms with van der Waals surface area (Å²) < 4.78 is 10.5. The van der Waals surface area contributed by atoms with Crippen molar-refractivity contribution in [1.82, 2.24) is 15.5 Å². The number of amides is 1. The van der Waals surface area contributed by atoms with Crippen molar-refractivity contribution in [2.75, 3.05) is 41.5 Å². The molecule has 1 aliphatic carbocycles. The van der Waals surface area contributed by atoms with E-state index in [1.54, 1.807) is 33.2 Å². The summed E-state index contributed by atoms with van der Waals surface area (Å²) in [7, 11) is 6.83. The Morgan fingerprint density at radius 2 is 1.96 bits per heavy atom. The van der Waals surface area contributed by atoms with Crippen LogP contribution in [0, 0.1) is 5.92 Å². The Bertz CT molecular complexity index is 597. The Morgan fingerprint density at radius 1 is 1.27 bits per heavy atom. The molecule has 26 heavy (non-hydrogen) atoms. The number of carbonyl (C=O) groups excluding carboxylic acids is 1. The number of rotatable bonds is 9. The first-order valence-corrected chi connectivity index (χ1v) is 8.90. The number of guanidine groups is 1. The van der Waals surface area contributed by atoms with E-state index in [-0.39, 0.29) is 18.5 Å². The lowest BCUT2D eigenvalue weighted by molar-refractivity contribution is -0.127. The van der Waals surface area contributed by atoms with E-state index in [0.717, 1.165) is 11.3 Å². The number of methoxy groups -OCH3 is 2. The fourth-order valence-corrected chi connectivity index (χ4v) is 2.52. The van der Waals surface area contributed by atoms with Crippen LogP contribution in [0.2, 0.25) is 0 Å². The molecule has 1 aromatic rings. The molecule has 1 fully saturated rings. The molecule has 1 saturated carbocycles. The van der Waals surface area contributed by atoms with E-state index >= 15 is 0 Å². The van der Waals surface area contributed by atoms with Gasteiger partial charge in [-0.1, -0.05) is 12.1 Å². The van der Waals surface area contributed by atoms with Gasteiger partial charge < -0.3 is 25.0 Å². The number of carbonyl (C=O) groups is 1. The smallest absolute Gasteiger partial charge is 0.241 e. The van der Waals surface area contributed by atoms with Crippen LogP contribution in [0.1, 0.15) is 18.4 Å². The van der Waals surface area contributed by atoms with Crippen molar-refractivity contribution in [3.63, 3.8) is 0 Å². The van der Waals surface area contributed by atoms with Gasteiger partial charge in [0.15, 0.2) is 5.96 Å². The highest BCUT2D eigenvalue weighted by Gasteiger charge is 2.31. The third-order valence-corrected chi connectivity index (χ3v) is 4.34. The molecule has 144 valence electrons. The molecule has 0 saturated heterocycles. The van der Waals surface area contributed by atoms with E-state index in [9.17, 15) is 4.79 Å². The summed E-state index contributed by atoms with van der Waals surface area (Å²) in [5.74, 6) is 2.05. The van der Waals surface area contributed by atoms with Crippen molar-refractivity contribution < 1.29 is 14.3 Å². The molecule has 1 amide bonds. The molecule has 0 heterocycles. The first-order valence-electron chi connectivity index (χ1n) is 8.90. The van der Waals surface area contributed by atoms with Gasteiger partial charge in [0, 0.05) is 21.2 Å². The highest BCUT2D eigenvalue weighted by atomic mass is 16.5. The maximum atomic E-state index is 11.9. The zero-order valence-electron chi connectivity index (χ0n) is 16.1. The number of likely N-dealkylation sites (N-methyl/N-ethyl adjacent to an activating group) is 1. The first-order chi connectivity index (χ1) is 12.5. The highest BCUT2D eigenvalue weighted by molar-refractivity contribution is 5.86. The molecule has 2 rings (SSSR count). The van der Waals surface area contributed by atoms with Crippen LogP contribution in [0.5, 0.6) is 5.75 Å². The van der Waals surface area contributed by atoms with Gasteiger partial charge in [0.1, 0.15) is 5.75 Å². The fourth-order valence-electron chi connectivity index (χ4n) is 2.52. The van der Waals surface area contributed by atoms with E-state index in [4.69, 9.17) is 9.47 Å². The van der Waals surface area contributed by atoms with E-state index in [0.29, 0.717) is 25.0 Å². The molecule has 0 aliphatic heterocycles. The van der Waals surface area contributed by atoms with Crippen LogP contribution >= 0.6 is 0 Å². The normalized spacial score (nSPS) is 15.3. The summed E-state index contributed by atoms with van der Waals surface area (Å²) >= 11 is 0. The number of ether oxygens (including phenoxy) is 2. The van der Waals surface area contributed by atoms with Crippen LogP contribution in [0.15, 0.2) is 29.3 Å². The second-order valence-electron chi connectivity index (χ2n) is 6.70. The van der Waals surface area contributed by atoms with Crippen molar-refractivity contribution in [3.05, 3.63) is 29.8 Å². The molecule has 2 N–H and O–H groups in total. The molecule has 1 atom stereocenters. The van der Waals surface area contributed by atoms with Gasteiger partial charge in [-0.3, -0.25) is 4.79 Å². The zero-order valence-corrected chi connectivity index (χ0v) is 16.1. The highest BCUT2D eigenvalue weighted by Crippen LogP contribution is 2.32. The topological polar surface area (TPSA) is 75.2 Å². The predicted octanol–water partition coefficient (Wildman–Crippen LogP) is 1.24. The van der Waals surface area contributed by atoms with Gasteiger partial charge in [0.05, 0.1) is 32.8 Å². The molecule has 7 heteroatoms. The van der Waals surface area contributed by atoms with Crippen molar-refractivity contribution in [1.29, 1.82) is 0 Å². The number of nitrogens with zero attached hydrogens (tertiary/aromatic N) is 2. The molecular weight excluding hydrogens is 332 g/mol. The molecular formula is C19H30N4O3. The number of aliphatic imine (C=N–C) groups is 1. The lowest BCUT2D eigenvalue weighted by Gasteiger charge is -2.21. The van der Waals surface area contributed by atoms with Crippen LogP contribution in [0.25, 0.3) is 0 Å². The van der Waals surface area contributed by atoms with Crippen LogP contribution in [0.3, 0.4) is 0 Å². The average molecular weight is 362 g/mol. The fraction of sp³-hybridized carbons (Fsp3) is 0.579. The molecule has 0 spiro atoms. The Hall–Kier alpha value is -2.28. The molecule has 0 radical (unpaired) electrons. The lowest BCUT2D eigenvalue weighted by atomic mass is 10.2. The Labute approximate surface area is 155 Å². The minimum Gasteiger partial charge on any atom is -0.497 e. The van der Waals surface area contributed by atoms with E-state index in [2.05, 4.69) is 15.6 Å². The van der Waals surface area contributed by atoms with Crippen LogP contribution in [0.4, 0.5) is 0 Å². The standard InChI is InChI=1S/C19H30N4O3/c1-23(2)18(24)12-21-19(22-17(13-25-3)15-7-8-15)20-11-14-5-9-16(26-4)10-6-14/h5-6,9-10,15,17H,7-8,11-13H2,1-4H3,(H2,20,21,22). The van der Waals surface area contributed by atoms with Gasteiger partial charge in [-0.25, -0.2) is 4.99 Å². The maximum absolute atomic E-state index is 11.9. The molecule has 1 aromatic carbocycles. The van der Waals surface area contributed by atoms with Gasteiger partial charge in [0.25, 0.3) is 0 Å². The Morgan fingerprint density at radius 3 is 2.50 bits per heavy atom. The number of nitrogens with one attached hydrogen (secondary N) is 2. The van der Waals surface area contributed by atoms with Crippen LogP contribution in [-0.4, -0.2) is 64.3 Å². The molecule has 0 bridgehead atoms. The quantitative estimate of drug-likeness (QED) is 0.511. The minimum absolute atomic E-state index is 0.00124. The summed E-state index contributed by atoms with van der Waals surface area (Å²) in [6.07, 6.45) is 2.40. The molecule has 7 nitrogen and oxygen atoms in total. The summed E-state index contributed by atoms with van der Waals surface area (Å²) in [4.78, 5) is 18.1. The maximum Gasteiger partial charge on any atom is 0.241 e. The third kappa shape index (κ3) is 6.55. The van der Waals surface area contributed by atoms with Crippen molar-refractivity contribution in [2.24, 2.45) is 10.9 Å². The number of hydrogen-bond donors (Lipinski definition) is 2. The largest absolute Gasteiger partial charge is 0.497 e. The third-order valence-electron chi connectivity index (χ3n) is 4.34. The minimum atomic E-state index is -0.00124. The molecule has 0 aromatic heterocycles. The Kier molecular flexibility index (Phi) is 7.72. The van der Waals surface area contributed by atoms with Gasteiger partial charge in [-0.2, -0.15) is 0 Å². The second-order valence-corrected chi connectivity index (χ2v) is 6.70. The van der Waals surface area contributed by atoms with Gasteiger partial charge in [0.2, 0.25) is 5.91 Å². The van der Waals surface area contributed by atoms with E-state index in [1.165, 1.54) is 12.8 Å². The van der Waals surface area contributed by atoms with Crippen LogP contribution in [-0.2, 0) is 16.1 Å². The van der Waals surface area contributed by atoms with E-state index in [1.807, 2.05) is 24.3 Å². The van der Waals surface area contributed by atoms with Gasteiger partial charge in [-0.05, 0) is 36.5 Å². The molecule has 1 aliphatic rings. The summed E-state index contributed by atoms with van der Waals surface area (Å²) in [5, 5.41) is 6.56. The summed E-state index contributed by atoms with van der Waals surface area (Å²) in [6.45, 7) is 1.33. The van der Waals surface area contributed by atoms with Crippen molar-refractivity contribution in [3.8, 4) is 5.75 Å². The predicted molar refractivity (Wildman–Crippen MR) is 102 cm³/mol. The summed E-state index contributed by atoms with van der Waals surface area (Å²) in [5.41, 5.74) is 1.07. The van der Waals surface area contributed by atoms with Gasteiger partial charge >= 0.3 is 0 Å². The first kappa shape index (κ1) is 20.0. The van der Waals surface area contributed by atoms with E-state index < -0.39 is 0 Å². The lowest BCUT2D eigenvalue weighted by Crippen LogP contribution is -2.48. The average Bonchev–Trinajstić information content (AvgIpc) is 3.48. The number of hydrogen-bond acceptors (Lipinski definition) is 4. The monoisotopic (exact) mass is 362 g/mol. The van der Waals surface area contributed by atoms with Crippen molar-refractivity contribution >= 4 is 11.9 Å². The molecule has 1 unspecified atom stereocenters. The second kappa shape index (κ2) is 10.0. The number of benzene rings is 1. The van der Waals surface area contributed by atoms with Crippen LogP contribution < -0.4 is 15.4 Å². The summed E-state index contributed by atoms with van der Waals surface area (Å²) in [6, 6.07) is 8.01. The van der Waals surface area contributed by atoms with Crippen molar-refractivity contribution in [2.45, 2.75) is 25.4 Å². The zero-order chi connectivity index (χ0) is 18.9.